The van der Waals surface area contributed by atoms with E-state index < -0.39 is 6.09 Å². The van der Waals surface area contributed by atoms with Gasteiger partial charge in [0.2, 0.25) is 0 Å². The number of aromatic amines is 1. The van der Waals surface area contributed by atoms with Crippen LogP contribution in [0.25, 0.3) is 10.9 Å². The summed E-state index contributed by atoms with van der Waals surface area (Å²) in [7, 11) is 1.72. The van der Waals surface area contributed by atoms with Crippen molar-refractivity contribution in [2.75, 3.05) is 40.0 Å². The molecule has 5 rings (SSSR count). The predicted octanol–water partition coefficient (Wildman–Crippen LogP) is 7.41. The zero-order valence-corrected chi connectivity index (χ0v) is 24.6. The first-order valence-electron chi connectivity index (χ1n) is 14.0. The number of amides is 1. The predicted molar refractivity (Wildman–Crippen MR) is 164 cm³/mol. The lowest BCUT2D eigenvalue weighted by atomic mass is 9.92. The summed E-state index contributed by atoms with van der Waals surface area (Å²) < 4.78 is 16.8. The molecule has 1 aliphatic rings. The quantitative estimate of drug-likeness (QED) is 0.167. The highest BCUT2D eigenvalue weighted by Gasteiger charge is 2.35. The lowest BCUT2D eigenvalue weighted by molar-refractivity contribution is 0.135. The molecule has 0 aliphatic carbocycles. The molecule has 3 aromatic carbocycles. The summed E-state index contributed by atoms with van der Waals surface area (Å²) >= 11 is 12.3. The van der Waals surface area contributed by atoms with E-state index in [-0.39, 0.29) is 6.04 Å². The number of benzene rings is 3. The van der Waals surface area contributed by atoms with E-state index in [1.165, 1.54) is 5.56 Å². The van der Waals surface area contributed by atoms with Crippen LogP contribution in [0.4, 0.5) is 4.79 Å². The smallest absolute Gasteiger partial charge is 0.416 e. The van der Waals surface area contributed by atoms with Gasteiger partial charge in [0.25, 0.3) is 0 Å². The van der Waals surface area contributed by atoms with E-state index in [1.807, 2.05) is 42.5 Å². The van der Waals surface area contributed by atoms with E-state index >= 15 is 0 Å². The van der Waals surface area contributed by atoms with E-state index in [0.717, 1.165) is 66.9 Å². The highest BCUT2D eigenvalue weighted by Crippen LogP contribution is 2.40. The molecule has 0 bridgehead atoms. The molecule has 1 atom stereocenters. The SMILES string of the molecule is COCCCNCCCCOc1ccc(C2c3[nH]c4ccc(Cl)cc4c3CCN2C(=O)Oc2ccc(Cl)cc2)cc1. The Bertz CT molecular complexity index is 1440. The second kappa shape index (κ2) is 14.1. The summed E-state index contributed by atoms with van der Waals surface area (Å²) in [6, 6.07) is 20.3. The Morgan fingerprint density at radius 1 is 0.927 bits per heavy atom. The topological polar surface area (TPSA) is 75.8 Å². The number of hydrogen-bond acceptors (Lipinski definition) is 5. The maximum atomic E-state index is 13.5. The van der Waals surface area contributed by atoms with Crippen molar-refractivity contribution in [2.24, 2.45) is 0 Å². The van der Waals surface area contributed by atoms with Gasteiger partial charge in [-0.3, -0.25) is 4.90 Å². The third-order valence-electron chi connectivity index (χ3n) is 7.26. The fraction of sp³-hybridized carbons (Fsp3) is 0.344. The van der Waals surface area contributed by atoms with E-state index in [1.54, 1.807) is 36.3 Å². The third-order valence-corrected chi connectivity index (χ3v) is 7.74. The number of H-pyrrole nitrogens is 1. The summed E-state index contributed by atoms with van der Waals surface area (Å²) in [5.41, 5.74) is 4.09. The van der Waals surface area contributed by atoms with Gasteiger partial charge in [0.15, 0.2) is 0 Å². The number of carbonyl (C=O) groups is 1. The summed E-state index contributed by atoms with van der Waals surface area (Å²) in [4.78, 5) is 18.8. The summed E-state index contributed by atoms with van der Waals surface area (Å²) in [6.07, 6.45) is 3.29. The maximum absolute atomic E-state index is 13.5. The van der Waals surface area contributed by atoms with Crippen LogP contribution < -0.4 is 14.8 Å². The van der Waals surface area contributed by atoms with Crippen molar-refractivity contribution < 1.29 is 19.0 Å². The average molecular weight is 597 g/mol. The van der Waals surface area contributed by atoms with Crippen LogP contribution in [0, 0.1) is 0 Å². The second-order valence-electron chi connectivity index (χ2n) is 10.1. The van der Waals surface area contributed by atoms with Gasteiger partial charge in [-0.05, 0) is 104 Å². The van der Waals surface area contributed by atoms with E-state index in [0.29, 0.717) is 35.4 Å². The van der Waals surface area contributed by atoms with Crippen molar-refractivity contribution in [1.82, 2.24) is 15.2 Å². The minimum atomic E-state index is -0.421. The van der Waals surface area contributed by atoms with Gasteiger partial charge in [0, 0.05) is 46.9 Å². The number of unbranched alkanes of at least 4 members (excludes halogenated alkanes) is 1. The van der Waals surface area contributed by atoms with Crippen LogP contribution in [0.1, 0.15) is 42.1 Å². The first-order valence-corrected chi connectivity index (χ1v) is 14.8. The second-order valence-corrected chi connectivity index (χ2v) is 11.0. The molecule has 1 aliphatic heterocycles. The van der Waals surface area contributed by atoms with Gasteiger partial charge in [-0.1, -0.05) is 35.3 Å². The number of nitrogens with zero attached hydrogens (tertiary/aromatic N) is 1. The van der Waals surface area contributed by atoms with Crippen LogP contribution in [0.5, 0.6) is 11.5 Å². The highest BCUT2D eigenvalue weighted by molar-refractivity contribution is 6.31. The molecule has 1 aromatic heterocycles. The van der Waals surface area contributed by atoms with Gasteiger partial charge in [-0.2, -0.15) is 0 Å². The third kappa shape index (κ3) is 7.35. The van der Waals surface area contributed by atoms with Gasteiger partial charge in [-0.15, -0.1) is 0 Å². The Hall–Kier alpha value is -3.23. The number of rotatable bonds is 12. The lowest BCUT2D eigenvalue weighted by Crippen LogP contribution is -2.42. The number of halogens is 2. The van der Waals surface area contributed by atoms with E-state index in [9.17, 15) is 4.79 Å². The Balaban J connectivity index is 1.30. The standard InChI is InChI=1S/C32H35Cl2N3O4/c1-39-19-4-17-35-16-2-3-20-40-25-10-5-22(6-11-25)31-30-27(28-21-24(34)9-14-29(28)36-30)15-18-37(31)32(38)41-26-12-7-23(33)8-13-26/h5-14,21,31,35-36H,2-4,15-20H2,1H3. The van der Waals surface area contributed by atoms with Crippen LogP contribution in [0.15, 0.2) is 66.7 Å². The molecule has 1 amide bonds. The molecule has 41 heavy (non-hydrogen) atoms. The van der Waals surface area contributed by atoms with Crippen molar-refractivity contribution in [3.63, 3.8) is 0 Å². The van der Waals surface area contributed by atoms with Gasteiger partial charge in [-0.25, -0.2) is 4.79 Å². The highest BCUT2D eigenvalue weighted by atomic mass is 35.5. The maximum Gasteiger partial charge on any atom is 0.416 e. The van der Waals surface area contributed by atoms with E-state index in [2.05, 4.69) is 10.3 Å². The largest absolute Gasteiger partial charge is 0.494 e. The summed E-state index contributed by atoms with van der Waals surface area (Å²) in [5, 5.41) is 5.77. The zero-order valence-electron chi connectivity index (χ0n) is 23.1. The fourth-order valence-electron chi connectivity index (χ4n) is 5.22. The van der Waals surface area contributed by atoms with Gasteiger partial charge in [0.05, 0.1) is 6.61 Å². The number of hydrogen-bond donors (Lipinski definition) is 2. The normalized spacial score (nSPS) is 14.7. The summed E-state index contributed by atoms with van der Waals surface area (Å²) in [6.45, 7) is 3.86. The van der Waals surface area contributed by atoms with Gasteiger partial charge >= 0.3 is 6.09 Å². The molecular weight excluding hydrogens is 561 g/mol. The van der Waals surface area contributed by atoms with Crippen molar-refractivity contribution in [3.05, 3.63) is 93.6 Å². The fourth-order valence-corrected chi connectivity index (χ4v) is 5.52. The van der Waals surface area contributed by atoms with Gasteiger partial charge < -0.3 is 24.5 Å². The monoisotopic (exact) mass is 595 g/mol. The van der Waals surface area contributed by atoms with Crippen LogP contribution in [-0.4, -0.2) is 55.9 Å². The van der Waals surface area contributed by atoms with Gasteiger partial charge in [0.1, 0.15) is 17.5 Å². The molecule has 0 spiro atoms. The molecular formula is C32H35Cl2N3O4. The Morgan fingerprint density at radius 2 is 1.66 bits per heavy atom. The molecule has 0 saturated heterocycles. The summed E-state index contributed by atoms with van der Waals surface area (Å²) in [5.74, 6) is 1.25. The Kier molecular flexibility index (Phi) is 10.1. The molecule has 0 radical (unpaired) electrons. The van der Waals surface area contributed by atoms with Crippen LogP contribution in [-0.2, 0) is 11.2 Å². The van der Waals surface area contributed by atoms with Crippen molar-refractivity contribution in [2.45, 2.75) is 31.7 Å². The average Bonchev–Trinajstić information content (AvgIpc) is 3.35. The number of methoxy groups -OCH3 is 1. The number of ether oxygens (including phenoxy) is 3. The first kappa shape index (κ1) is 29.3. The Morgan fingerprint density at radius 3 is 2.44 bits per heavy atom. The molecule has 4 aromatic rings. The van der Waals surface area contributed by atoms with Crippen LogP contribution in [0.2, 0.25) is 10.0 Å². The first-order chi connectivity index (χ1) is 20.0. The van der Waals surface area contributed by atoms with E-state index in [4.69, 9.17) is 37.4 Å². The number of nitrogens with one attached hydrogen (secondary N) is 2. The van der Waals surface area contributed by atoms with Crippen molar-refractivity contribution in [3.8, 4) is 11.5 Å². The zero-order chi connectivity index (χ0) is 28.6. The van der Waals surface area contributed by atoms with Crippen LogP contribution >= 0.6 is 23.2 Å². The van der Waals surface area contributed by atoms with Crippen LogP contribution in [0.3, 0.4) is 0 Å². The molecule has 1 unspecified atom stereocenters. The van der Waals surface area contributed by atoms with Crippen molar-refractivity contribution in [1.29, 1.82) is 0 Å². The Labute approximate surface area is 250 Å². The molecule has 2 N–H and O–H groups in total. The molecule has 9 heteroatoms. The molecule has 0 fully saturated rings. The molecule has 7 nitrogen and oxygen atoms in total. The molecule has 2 heterocycles. The van der Waals surface area contributed by atoms with Crippen molar-refractivity contribution >= 4 is 40.2 Å². The minimum absolute atomic E-state index is 0.358. The minimum Gasteiger partial charge on any atom is -0.494 e. The lowest BCUT2D eigenvalue weighted by Gasteiger charge is -2.35. The number of fused-ring (bicyclic) bond motifs is 3. The number of carbonyl (C=O) groups excluding carboxylic acids is 1. The molecule has 216 valence electrons. The number of aromatic nitrogens is 1. The molecule has 0 saturated carbocycles.